The normalized spacial score (nSPS) is 17.6. The molecule has 5 amide bonds. The number of carbonyl (C=O) groups excluding carboxylic acids is 3. The van der Waals surface area contributed by atoms with Gasteiger partial charge >= 0.3 is 12.1 Å². The number of likely N-dealkylation sites (N-methyl/N-ethyl adjacent to an activating group) is 1. The smallest absolute Gasteiger partial charge is 0.323 e. The van der Waals surface area contributed by atoms with Crippen LogP contribution in [0, 0.1) is 19.8 Å². The summed E-state index contributed by atoms with van der Waals surface area (Å²) in [5.74, 6) is 0.610. The zero-order valence-corrected chi connectivity index (χ0v) is 24.5. The lowest BCUT2D eigenvalue weighted by molar-refractivity contribution is -0.134. The molecule has 2 aromatic carbocycles. The molecule has 1 aromatic heterocycles. The minimum absolute atomic E-state index is 0.0112. The van der Waals surface area contributed by atoms with Gasteiger partial charge in [0.1, 0.15) is 23.2 Å². The Labute approximate surface area is 245 Å². The Hall–Kier alpha value is -4.58. The highest BCUT2D eigenvalue weighted by molar-refractivity contribution is 6.00. The van der Waals surface area contributed by atoms with Crippen LogP contribution in [0.1, 0.15) is 30.9 Å². The van der Waals surface area contributed by atoms with E-state index in [1.165, 1.54) is 4.90 Å². The van der Waals surface area contributed by atoms with Crippen LogP contribution in [-0.2, 0) is 11.2 Å². The molecular weight excluding hydrogens is 540 g/mol. The molecule has 3 atom stereocenters. The van der Waals surface area contributed by atoms with Crippen molar-refractivity contribution in [3.05, 3.63) is 65.5 Å². The van der Waals surface area contributed by atoms with Crippen LogP contribution in [-0.4, -0.2) is 76.9 Å². The summed E-state index contributed by atoms with van der Waals surface area (Å²) < 4.78 is 11.6. The number of carbonyl (C=O) groups is 3. The van der Waals surface area contributed by atoms with Crippen molar-refractivity contribution in [3.8, 4) is 5.75 Å². The fourth-order valence-electron chi connectivity index (χ4n) is 4.76. The van der Waals surface area contributed by atoms with E-state index < -0.39 is 18.2 Å². The first-order chi connectivity index (χ1) is 20.0. The average Bonchev–Trinajstić information content (AvgIpc) is 3.29. The van der Waals surface area contributed by atoms with Crippen LogP contribution in [0.4, 0.5) is 26.7 Å². The number of hydrogen-bond donors (Lipinski definition) is 4. The van der Waals surface area contributed by atoms with Gasteiger partial charge in [0.15, 0.2) is 5.76 Å². The maximum Gasteiger partial charge on any atom is 0.323 e. The number of anilines is 3. The van der Waals surface area contributed by atoms with Gasteiger partial charge in [0.2, 0.25) is 5.91 Å². The molecule has 1 aliphatic heterocycles. The number of para-hydroxylation sites is 1. The number of aryl methyl sites for hydroxylation is 2. The summed E-state index contributed by atoms with van der Waals surface area (Å²) in [6.45, 7) is 7.54. The quantitative estimate of drug-likeness (QED) is 0.327. The van der Waals surface area contributed by atoms with Crippen molar-refractivity contribution in [3.63, 3.8) is 0 Å². The molecule has 0 bridgehead atoms. The summed E-state index contributed by atoms with van der Waals surface area (Å²) in [5, 5.41) is 22.2. The second-order valence-electron chi connectivity index (χ2n) is 10.7. The molecule has 0 saturated heterocycles. The Morgan fingerprint density at radius 2 is 1.83 bits per heavy atom. The molecule has 1 aliphatic rings. The van der Waals surface area contributed by atoms with Gasteiger partial charge in [-0.3, -0.25) is 4.79 Å². The maximum absolute atomic E-state index is 13.5. The number of amides is 5. The standard InChI is InChI=1S/C30H38N6O6/c1-18-15-36(19(2)17-37)27(38)14-22-13-24(32-29(39)31-23-9-7-6-8-10-23)11-12-25(22)41-26(18)16-35(5)30(40)33-28-20(3)34-42-21(28)4/h6-13,18-19,26,37H,14-17H2,1-5H3,(H,33,40)(H2,31,32,39)/t18-,19+,26-/m1/s1. The van der Waals surface area contributed by atoms with Gasteiger partial charge < -0.3 is 40.1 Å². The second-order valence-corrected chi connectivity index (χ2v) is 10.7. The predicted molar refractivity (Wildman–Crippen MR) is 159 cm³/mol. The van der Waals surface area contributed by atoms with Gasteiger partial charge in [-0.1, -0.05) is 30.3 Å². The average molecular weight is 579 g/mol. The Balaban J connectivity index is 1.56. The van der Waals surface area contributed by atoms with Crippen molar-refractivity contribution in [1.29, 1.82) is 0 Å². The van der Waals surface area contributed by atoms with Crippen LogP contribution in [0.25, 0.3) is 0 Å². The SMILES string of the molecule is Cc1noc(C)c1NC(=O)N(C)C[C@H]1Oc2ccc(NC(=O)Nc3ccccc3)cc2CC(=O)N([C@@H](C)CO)C[C@H]1C. The first-order valence-corrected chi connectivity index (χ1v) is 13.8. The van der Waals surface area contributed by atoms with Crippen LogP contribution in [0.3, 0.4) is 0 Å². The van der Waals surface area contributed by atoms with E-state index >= 15 is 0 Å². The molecule has 4 rings (SSSR count). The topological polar surface area (TPSA) is 149 Å². The van der Waals surface area contributed by atoms with Crippen molar-refractivity contribution in [2.24, 2.45) is 5.92 Å². The van der Waals surface area contributed by atoms with E-state index in [0.717, 1.165) is 0 Å². The predicted octanol–water partition coefficient (Wildman–Crippen LogP) is 4.25. The lowest BCUT2D eigenvalue weighted by atomic mass is 10.0. The molecule has 224 valence electrons. The largest absolute Gasteiger partial charge is 0.488 e. The van der Waals surface area contributed by atoms with E-state index in [-0.39, 0.29) is 37.4 Å². The van der Waals surface area contributed by atoms with Crippen molar-refractivity contribution in [1.82, 2.24) is 15.0 Å². The zero-order chi connectivity index (χ0) is 30.4. The molecular formula is C30H38N6O6. The number of hydrogen-bond acceptors (Lipinski definition) is 7. The zero-order valence-electron chi connectivity index (χ0n) is 24.5. The molecule has 0 aliphatic carbocycles. The molecule has 4 N–H and O–H groups in total. The monoisotopic (exact) mass is 578 g/mol. The third-order valence-corrected chi connectivity index (χ3v) is 7.27. The van der Waals surface area contributed by atoms with E-state index in [4.69, 9.17) is 9.26 Å². The van der Waals surface area contributed by atoms with Crippen LogP contribution >= 0.6 is 0 Å². The van der Waals surface area contributed by atoms with E-state index in [9.17, 15) is 19.5 Å². The lowest BCUT2D eigenvalue weighted by Gasteiger charge is -2.34. The highest BCUT2D eigenvalue weighted by Crippen LogP contribution is 2.29. The van der Waals surface area contributed by atoms with E-state index in [1.54, 1.807) is 63.1 Å². The number of nitrogens with one attached hydrogen (secondary N) is 3. The van der Waals surface area contributed by atoms with Crippen molar-refractivity contribution in [2.45, 2.75) is 46.3 Å². The van der Waals surface area contributed by atoms with Crippen molar-refractivity contribution in [2.75, 3.05) is 42.7 Å². The van der Waals surface area contributed by atoms with Crippen LogP contribution < -0.4 is 20.7 Å². The molecule has 12 nitrogen and oxygen atoms in total. The van der Waals surface area contributed by atoms with Crippen molar-refractivity contribution >= 4 is 35.0 Å². The van der Waals surface area contributed by atoms with Crippen LogP contribution in [0.2, 0.25) is 0 Å². The fourth-order valence-corrected chi connectivity index (χ4v) is 4.76. The van der Waals surface area contributed by atoms with Crippen LogP contribution in [0.15, 0.2) is 53.1 Å². The summed E-state index contributed by atoms with van der Waals surface area (Å²) in [6, 6.07) is 13.0. The minimum Gasteiger partial charge on any atom is -0.488 e. The summed E-state index contributed by atoms with van der Waals surface area (Å²) in [5.41, 5.74) is 2.80. The van der Waals surface area contributed by atoms with Gasteiger partial charge in [0, 0.05) is 36.4 Å². The summed E-state index contributed by atoms with van der Waals surface area (Å²) in [6.07, 6.45) is -0.485. The summed E-state index contributed by atoms with van der Waals surface area (Å²) >= 11 is 0. The molecule has 0 fully saturated rings. The van der Waals surface area contributed by atoms with E-state index in [1.807, 2.05) is 25.1 Å². The van der Waals surface area contributed by atoms with Gasteiger partial charge in [-0.2, -0.15) is 0 Å². The highest BCUT2D eigenvalue weighted by Gasteiger charge is 2.32. The third-order valence-electron chi connectivity index (χ3n) is 7.27. The lowest BCUT2D eigenvalue weighted by Crippen LogP contribution is -2.48. The first kappa shape index (κ1) is 30.4. The fraction of sp³-hybridized carbons (Fsp3) is 0.400. The third kappa shape index (κ3) is 7.38. The number of benzene rings is 2. The number of fused-ring (bicyclic) bond motifs is 1. The van der Waals surface area contributed by atoms with Gasteiger partial charge in [0.25, 0.3) is 0 Å². The summed E-state index contributed by atoms with van der Waals surface area (Å²) in [7, 11) is 1.66. The highest BCUT2D eigenvalue weighted by atomic mass is 16.5. The molecule has 2 heterocycles. The molecule has 42 heavy (non-hydrogen) atoms. The first-order valence-electron chi connectivity index (χ1n) is 13.8. The van der Waals surface area contributed by atoms with E-state index in [2.05, 4.69) is 21.1 Å². The number of aliphatic hydroxyl groups excluding tert-OH is 1. The number of nitrogens with zero attached hydrogens (tertiary/aromatic N) is 3. The van der Waals surface area contributed by atoms with Gasteiger partial charge in [0.05, 0.1) is 25.6 Å². The number of aromatic nitrogens is 1. The number of urea groups is 2. The second kappa shape index (κ2) is 13.4. The minimum atomic E-state index is -0.497. The molecule has 0 saturated carbocycles. The Morgan fingerprint density at radius 3 is 2.50 bits per heavy atom. The molecule has 0 unspecified atom stereocenters. The Kier molecular flexibility index (Phi) is 9.68. The number of aliphatic hydroxyl groups is 1. The Morgan fingerprint density at radius 1 is 1.12 bits per heavy atom. The Bertz CT molecular complexity index is 1390. The van der Waals surface area contributed by atoms with Gasteiger partial charge in [-0.25, -0.2) is 9.59 Å². The molecule has 0 radical (unpaired) electrons. The summed E-state index contributed by atoms with van der Waals surface area (Å²) in [4.78, 5) is 42.3. The van der Waals surface area contributed by atoms with Gasteiger partial charge in [-0.15, -0.1) is 0 Å². The number of rotatable bonds is 7. The van der Waals surface area contributed by atoms with Crippen LogP contribution in [0.5, 0.6) is 5.75 Å². The molecule has 12 heteroatoms. The number of ether oxygens (including phenoxy) is 1. The van der Waals surface area contributed by atoms with Gasteiger partial charge in [-0.05, 0) is 51.1 Å². The molecule has 3 aromatic rings. The van der Waals surface area contributed by atoms with E-state index in [0.29, 0.717) is 46.4 Å². The maximum atomic E-state index is 13.5. The molecule has 0 spiro atoms. The van der Waals surface area contributed by atoms with Crippen molar-refractivity contribution < 1.29 is 28.8 Å².